The number of hydrogen-bond donors (Lipinski definition) is 0. The van der Waals surface area contributed by atoms with Crippen LogP contribution >= 0.6 is 15.9 Å². The third kappa shape index (κ3) is 2.77. The first kappa shape index (κ1) is 13.5. The van der Waals surface area contributed by atoms with Crippen LogP contribution in [-0.4, -0.2) is 18.1 Å². The molecule has 0 aliphatic rings. The van der Waals surface area contributed by atoms with Gasteiger partial charge in [0.25, 0.3) is 6.43 Å². The maximum absolute atomic E-state index is 12.7. The number of carbonyl (C=O) groups excluding carboxylic acids is 1. The van der Waals surface area contributed by atoms with Crippen molar-refractivity contribution in [3.63, 3.8) is 0 Å². The highest BCUT2D eigenvalue weighted by molar-refractivity contribution is 9.08. The number of halogens is 3. The number of carbonyl (C=O) groups is 1. The van der Waals surface area contributed by atoms with Gasteiger partial charge in [0, 0.05) is 5.33 Å². The summed E-state index contributed by atoms with van der Waals surface area (Å²) < 4.78 is 29.8. The van der Waals surface area contributed by atoms with Gasteiger partial charge in [-0.1, -0.05) is 15.9 Å². The standard InChI is InChI=1S/C10H7BrF2N2O2/c1-17-10(16)7-2-5(3-11)6(4-14)8(15-7)9(12)13/h2,9H,3H2,1H3. The van der Waals surface area contributed by atoms with Crippen LogP contribution in [0.2, 0.25) is 0 Å². The van der Waals surface area contributed by atoms with E-state index < -0.39 is 18.1 Å². The molecule has 7 heteroatoms. The summed E-state index contributed by atoms with van der Waals surface area (Å²) in [5.74, 6) is -0.821. The van der Waals surface area contributed by atoms with E-state index in [1.54, 1.807) is 6.07 Å². The van der Waals surface area contributed by atoms with Crippen molar-refractivity contribution in [2.75, 3.05) is 7.11 Å². The predicted molar refractivity (Wildman–Crippen MR) is 57.9 cm³/mol. The number of ether oxygens (including phenoxy) is 1. The average molecular weight is 305 g/mol. The zero-order valence-corrected chi connectivity index (χ0v) is 10.3. The van der Waals surface area contributed by atoms with Crippen molar-refractivity contribution in [1.29, 1.82) is 5.26 Å². The van der Waals surface area contributed by atoms with E-state index in [9.17, 15) is 13.6 Å². The maximum Gasteiger partial charge on any atom is 0.356 e. The van der Waals surface area contributed by atoms with Gasteiger partial charge in [-0.05, 0) is 11.6 Å². The Labute approximate surface area is 104 Å². The molecule has 0 spiro atoms. The predicted octanol–water partition coefficient (Wildman–Crippen LogP) is 2.57. The van der Waals surface area contributed by atoms with Crippen molar-refractivity contribution in [2.45, 2.75) is 11.8 Å². The fourth-order valence-electron chi connectivity index (χ4n) is 1.22. The zero-order valence-electron chi connectivity index (χ0n) is 8.71. The summed E-state index contributed by atoms with van der Waals surface area (Å²) in [6.07, 6.45) is -2.92. The topological polar surface area (TPSA) is 63.0 Å². The molecule has 0 aliphatic heterocycles. The monoisotopic (exact) mass is 304 g/mol. The molecule has 1 rings (SSSR count). The minimum absolute atomic E-state index is 0.169. The highest BCUT2D eigenvalue weighted by Gasteiger charge is 2.22. The minimum Gasteiger partial charge on any atom is -0.464 e. The van der Waals surface area contributed by atoms with E-state index in [1.165, 1.54) is 6.07 Å². The van der Waals surface area contributed by atoms with E-state index in [2.05, 4.69) is 25.7 Å². The van der Waals surface area contributed by atoms with Crippen LogP contribution in [0.5, 0.6) is 0 Å². The molecule has 0 aliphatic carbocycles. The van der Waals surface area contributed by atoms with Crippen molar-refractivity contribution in [3.05, 3.63) is 28.6 Å². The Bertz CT molecular complexity index is 486. The molecule has 0 radical (unpaired) electrons. The van der Waals surface area contributed by atoms with Gasteiger partial charge in [-0.15, -0.1) is 0 Å². The zero-order chi connectivity index (χ0) is 13.0. The second-order valence-electron chi connectivity index (χ2n) is 2.96. The average Bonchev–Trinajstić information content (AvgIpc) is 2.35. The van der Waals surface area contributed by atoms with Crippen molar-refractivity contribution in [3.8, 4) is 6.07 Å². The van der Waals surface area contributed by atoms with Gasteiger partial charge in [-0.2, -0.15) is 5.26 Å². The lowest BCUT2D eigenvalue weighted by Crippen LogP contribution is -2.10. The first-order valence-electron chi connectivity index (χ1n) is 4.41. The molecule has 0 unspecified atom stereocenters. The van der Waals surface area contributed by atoms with Crippen LogP contribution in [0.25, 0.3) is 0 Å². The van der Waals surface area contributed by atoms with Crippen molar-refractivity contribution < 1.29 is 18.3 Å². The SMILES string of the molecule is COC(=O)c1cc(CBr)c(C#N)c(C(F)F)n1. The number of methoxy groups -OCH3 is 1. The molecule has 1 aromatic heterocycles. The van der Waals surface area contributed by atoms with E-state index in [4.69, 9.17) is 5.26 Å². The Balaban J connectivity index is 3.47. The van der Waals surface area contributed by atoms with Gasteiger partial charge in [-0.25, -0.2) is 18.6 Å². The molecular weight excluding hydrogens is 298 g/mol. The highest BCUT2D eigenvalue weighted by Crippen LogP contribution is 2.25. The van der Waals surface area contributed by atoms with Gasteiger partial charge < -0.3 is 4.74 Å². The van der Waals surface area contributed by atoms with Crippen LogP contribution < -0.4 is 0 Å². The second kappa shape index (κ2) is 5.68. The molecule has 0 fully saturated rings. The summed E-state index contributed by atoms with van der Waals surface area (Å²) in [6, 6.07) is 2.91. The quantitative estimate of drug-likeness (QED) is 0.636. The molecule has 0 aromatic carbocycles. The molecule has 17 heavy (non-hydrogen) atoms. The molecule has 0 bridgehead atoms. The van der Waals surface area contributed by atoms with Crippen LogP contribution in [0.4, 0.5) is 8.78 Å². The maximum atomic E-state index is 12.7. The highest BCUT2D eigenvalue weighted by atomic mass is 79.9. The Morgan fingerprint density at radius 3 is 2.76 bits per heavy atom. The number of nitrogens with zero attached hydrogens (tertiary/aromatic N) is 2. The van der Waals surface area contributed by atoms with Gasteiger partial charge in [0.1, 0.15) is 17.5 Å². The third-order valence-electron chi connectivity index (χ3n) is 1.99. The summed E-state index contributed by atoms with van der Waals surface area (Å²) in [5, 5.41) is 8.97. The van der Waals surface area contributed by atoms with E-state index >= 15 is 0 Å². The van der Waals surface area contributed by atoms with Crippen LogP contribution in [0.15, 0.2) is 6.07 Å². The Morgan fingerprint density at radius 2 is 2.35 bits per heavy atom. The van der Waals surface area contributed by atoms with Crippen molar-refractivity contribution in [1.82, 2.24) is 4.98 Å². The van der Waals surface area contributed by atoms with Gasteiger partial charge in [0.2, 0.25) is 0 Å². The molecule has 0 N–H and O–H groups in total. The molecule has 4 nitrogen and oxygen atoms in total. The first-order chi connectivity index (χ1) is 8.04. The van der Waals surface area contributed by atoms with E-state index in [0.717, 1.165) is 7.11 Å². The molecule has 0 amide bonds. The van der Waals surface area contributed by atoms with Crippen molar-refractivity contribution >= 4 is 21.9 Å². The normalized spacial score (nSPS) is 10.1. The largest absolute Gasteiger partial charge is 0.464 e. The number of pyridine rings is 1. The third-order valence-corrected chi connectivity index (χ3v) is 2.59. The summed E-state index contributed by atoms with van der Waals surface area (Å²) in [6.45, 7) is 0. The molecule has 1 heterocycles. The minimum atomic E-state index is -2.92. The molecule has 90 valence electrons. The van der Waals surface area contributed by atoms with Gasteiger partial charge in [-0.3, -0.25) is 0 Å². The van der Waals surface area contributed by atoms with Crippen LogP contribution in [0.1, 0.15) is 33.7 Å². The Morgan fingerprint density at radius 1 is 1.71 bits per heavy atom. The van der Waals surface area contributed by atoms with E-state index in [1.807, 2.05) is 0 Å². The molecular formula is C10H7BrF2N2O2. The van der Waals surface area contributed by atoms with Crippen LogP contribution in [0.3, 0.4) is 0 Å². The van der Waals surface area contributed by atoms with Gasteiger partial charge in [0.05, 0.1) is 12.7 Å². The summed E-state index contributed by atoms with van der Waals surface area (Å²) in [4.78, 5) is 14.7. The van der Waals surface area contributed by atoms with E-state index in [0.29, 0.717) is 0 Å². The number of hydrogen-bond acceptors (Lipinski definition) is 4. The molecule has 0 saturated heterocycles. The number of alkyl halides is 3. The Hall–Kier alpha value is -1.55. The van der Waals surface area contributed by atoms with E-state index in [-0.39, 0.29) is 22.2 Å². The Kier molecular flexibility index (Phi) is 4.52. The lowest BCUT2D eigenvalue weighted by atomic mass is 10.1. The molecule has 0 saturated carbocycles. The number of esters is 1. The van der Waals surface area contributed by atoms with Crippen LogP contribution in [0, 0.1) is 11.3 Å². The summed E-state index contributed by atoms with van der Waals surface area (Å²) in [5.41, 5.74) is -0.885. The summed E-state index contributed by atoms with van der Waals surface area (Å²) >= 11 is 3.06. The number of aromatic nitrogens is 1. The smallest absolute Gasteiger partial charge is 0.356 e. The summed E-state index contributed by atoms with van der Waals surface area (Å²) in [7, 11) is 1.12. The van der Waals surface area contributed by atoms with Crippen LogP contribution in [-0.2, 0) is 10.1 Å². The molecule has 1 aromatic rings. The first-order valence-corrected chi connectivity index (χ1v) is 5.53. The number of rotatable bonds is 3. The lowest BCUT2D eigenvalue weighted by molar-refractivity contribution is 0.0592. The van der Waals surface area contributed by atoms with Crippen molar-refractivity contribution in [2.24, 2.45) is 0 Å². The fourth-order valence-corrected chi connectivity index (χ4v) is 1.66. The fraction of sp³-hybridized carbons (Fsp3) is 0.300. The second-order valence-corrected chi connectivity index (χ2v) is 3.53. The lowest BCUT2D eigenvalue weighted by Gasteiger charge is -2.08. The molecule has 0 atom stereocenters. The van der Waals surface area contributed by atoms with Gasteiger partial charge >= 0.3 is 5.97 Å². The number of nitriles is 1. The van der Waals surface area contributed by atoms with Gasteiger partial charge in [0.15, 0.2) is 0 Å².